The van der Waals surface area contributed by atoms with Gasteiger partial charge in [0.1, 0.15) is 12.3 Å². The number of amides is 2. The molecule has 0 bridgehead atoms. The highest BCUT2D eigenvalue weighted by Gasteiger charge is 2.18. The van der Waals surface area contributed by atoms with E-state index in [-0.39, 0.29) is 18.4 Å². The van der Waals surface area contributed by atoms with Crippen molar-refractivity contribution in [3.63, 3.8) is 0 Å². The van der Waals surface area contributed by atoms with Crippen molar-refractivity contribution < 1.29 is 14.3 Å². The Morgan fingerprint density at radius 3 is 2.48 bits per heavy atom. The van der Waals surface area contributed by atoms with Crippen LogP contribution in [0.1, 0.15) is 18.1 Å². The Hall–Kier alpha value is -2.53. The van der Waals surface area contributed by atoms with Gasteiger partial charge in [-0.1, -0.05) is 23.7 Å². The minimum Gasteiger partial charge on any atom is -0.495 e. The number of halogens is 1. The fraction of sp³-hybridized carbons (Fsp3) is 0.263. The van der Waals surface area contributed by atoms with E-state index in [1.165, 1.54) is 18.9 Å². The molecule has 0 aliphatic heterocycles. The molecule has 132 valence electrons. The summed E-state index contributed by atoms with van der Waals surface area (Å²) >= 11 is 6.06. The third-order valence-corrected chi connectivity index (χ3v) is 4.07. The first-order valence-electron chi connectivity index (χ1n) is 7.80. The lowest BCUT2D eigenvalue weighted by atomic mass is 10.1. The molecule has 5 nitrogen and oxygen atoms in total. The first-order chi connectivity index (χ1) is 11.8. The number of nitrogens with zero attached hydrogens (tertiary/aromatic N) is 1. The number of carbonyl (C=O) groups excluding carboxylic acids is 2. The van der Waals surface area contributed by atoms with E-state index < -0.39 is 0 Å². The summed E-state index contributed by atoms with van der Waals surface area (Å²) in [4.78, 5) is 25.9. The molecule has 0 fully saturated rings. The Balaban J connectivity index is 2.17. The summed E-state index contributed by atoms with van der Waals surface area (Å²) in [5, 5.41) is 3.15. The molecule has 0 radical (unpaired) electrons. The molecule has 0 aliphatic rings. The van der Waals surface area contributed by atoms with Crippen LogP contribution in [-0.2, 0) is 9.59 Å². The zero-order valence-electron chi connectivity index (χ0n) is 14.7. The van der Waals surface area contributed by atoms with Crippen molar-refractivity contribution in [2.75, 3.05) is 23.9 Å². The zero-order valence-corrected chi connectivity index (χ0v) is 15.5. The van der Waals surface area contributed by atoms with Crippen molar-refractivity contribution in [2.24, 2.45) is 0 Å². The van der Waals surface area contributed by atoms with Gasteiger partial charge in [0.2, 0.25) is 11.8 Å². The number of nitrogens with one attached hydrogen (secondary N) is 1. The number of anilines is 2. The maximum Gasteiger partial charge on any atom is 0.244 e. The third-order valence-electron chi connectivity index (χ3n) is 3.77. The quantitative estimate of drug-likeness (QED) is 0.878. The van der Waals surface area contributed by atoms with Gasteiger partial charge in [-0.25, -0.2) is 0 Å². The average Bonchev–Trinajstić information content (AvgIpc) is 2.55. The number of benzene rings is 2. The van der Waals surface area contributed by atoms with E-state index in [4.69, 9.17) is 16.3 Å². The summed E-state index contributed by atoms with van der Waals surface area (Å²) in [5.41, 5.74) is 3.23. The summed E-state index contributed by atoms with van der Waals surface area (Å²) < 4.78 is 5.09. The van der Waals surface area contributed by atoms with Gasteiger partial charge in [-0.2, -0.15) is 0 Å². The summed E-state index contributed by atoms with van der Waals surface area (Å²) in [6.45, 7) is 5.22. The summed E-state index contributed by atoms with van der Waals surface area (Å²) in [6, 6.07) is 10.8. The second-order valence-electron chi connectivity index (χ2n) is 5.79. The van der Waals surface area contributed by atoms with Crippen LogP contribution in [0.4, 0.5) is 11.4 Å². The molecular formula is C19H21ClN2O3. The van der Waals surface area contributed by atoms with Gasteiger partial charge in [0, 0.05) is 18.3 Å². The van der Waals surface area contributed by atoms with Crippen LogP contribution < -0.4 is 15.0 Å². The van der Waals surface area contributed by atoms with E-state index in [9.17, 15) is 9.59 Å². The van der Waals surface area contributed by atoms with E-state index in [1.54, 1.807) is 18.2 Å². The van der Waals surface area contributed by atoms with Gasteiger partial charge < -0.3 is 15.0 Å². The van der Waals surface area contributed by atoms with Crippen molar-refractivity contribution in [2.45, 2.75) is 20.8 Å². The second kappa shape index (κ2) is 8.03. The highest BCUT2D eigenvalue weighted by Crippen LogP contribution is 2.27. The highest BCUT2D eigenvalue weighted by molar-refractivity contribution is 6.32. The molecule has 2 aromatic rings. The highest BCUT2D eigenvalue weighted by atomic mass is 35.5. The Labute approximate surface area is 152 Å². The van der Waals surface area contributed by atoms with Crippen molar-refractivity contribution >= 4 is 34.8 Å². The Morgan fingerprint density at radius 2 is 1.88 bits per heavy atom. The van der Waals surface area contributed by atoms with Crippen LogP contribution in [0, 0.1) is 13.8 Å². The predicted octanol–water partition coefficient (Wildman–Crippen LogP) is 3.96. The number of carbonyl (C=O) groups is 2. The van der Waals surface area contributed by atoms with Crippen LogP contribution in [0.15, 0.2) is 36.4 Å². The van der Waals surface area contributed by atoms with Crippen molar-refractivity contribution in [1.29, 1.82) is 0 Å². The van der Waals surface area contributed by atoms with Gasteiger partial charge in [0.25, 0.3) is 0 Å². The van der Waals surface area contributed by atoms with Crippen molar-refractivity contribution in [1.82, 2.24) is 0 Å². The summed E-state index contributed by atoms with van der Waals surface area (Å²) in [7, 11) is 1.52. The number of ether oxygens (including phenoxy) is 1. The minimum atomic E-state index is -0.308. The molecule has 2 aromatic carbocycles. The first kappa shape index (κ1) is 18.8. The second-order valence-corrected chi connectivity index (χ2v) is 6.20. The number of rotatable bonds is 5. The maximum atomic E-state index is 12.4. The minimum absolute atomic E-state index is 0.0801. The van der Waals surface area contributed by atoms with Gasteiger partial charge in [-0.3, -0.25) is 9.59 Å². The largest absolute Gasteiger partial charge is 0.495 e. The smallest absolute Gasteiger partial charge is 0.244 e. The fourth-order valence-electron chi connectivity index (χ4n) is 2.46. The third kappa shape index (κ3) is 4.73. The Bertz CT molecular complexity index is 805. The molecule has 1 N–H and O–H groups in total. The number of aryl methyl sites for hydroxylation is 2. The molecule has 2 amide bonds. The average molecular weight is 361 g/mol. The van der Waals surface area contributed by atoms with E-state index in [1.807, 2.05) is 32.0 Å². The first-order valence-corrected chi connectivity index (χ1v) is 8.18. The van der Waals surface area contributed by atoms with Gasteiger partial charge in [0.15, 0.2) is 0 Å². The molecule has 2 rings (SSSR count). The van der Waals surface area contributed by atoms with Crippen LogP contribution in [0.2, 0.25) is 5.02 Å². The summed E-state index contributed by atoms with van der Waals surface area (Å²) in [6.07, 6.45) is 0. The molecule has 0 heterocycles. The van der Waals surface area contributed by atoms with E-state index in [0.29, 0.717) is 16.5 Å². The standard InChI is InChI=1S/C19H21ClN2O3/c1-12-5-6-13(2)17(9-12)22(14(3)23)11-19(24)21-15-7-8-18(25-4)16(20)10-15/h5-10H,11H2,1-4H3,(H,21,24). The number of hydrogen-bond acceptors (Lipinski definition) is 3. The van der Waals surface area contributed by atoms with Crippen LogP contribution >= 0.6 is 11.6 Å². The Kier molecular flexibility index (Phi) is 6.04. The lowest BCUT2D eigenvalue weighted by Gasteiger charge is -2.23. The van der Waals surface area contributed by atoms with Crippen LogP contribution in [-0.4, -0.2) is 25.5 Å². The molecule has 0 spiro atoms. The monoisotopic (exact) mass is 360 g/mol. The maximum absolute atomic E-state index is 12.4. The normalized spacial score (nSPS) is 10.3. The lowest BCUT2D eigenvalue weighted by Crippen LogP contribution is -2.37. The van der Waals surface area contributed by atoms with Crippen LogP contribution in [0.3, 0.4) is 0 Å². The lowest BCUT2D eigenvalue weighted by molar-refractivity contribution is -0.120. The van der Waals surface area contributed by atoms with Gasteiger partial charge in [0.05, 0.1) is 12.1 Å². The van der Waals surface area contributed by atoms with E-state index in [0.717, 1.165) is 16.8 Å². The molecule has 0 aliphatic carbocycles. The number of hydrogen-bond donors (Lipinski definition) is 1. The fourth-order valence-corrected chi connectivity index (χ4v) is 2.72. The number of methoxy groups -OCH3 is 1. The molecule has 0 atom stereocenters. The molecule has 0 saturated carbocycles. The Morgan fingerprint density at radius 1 is 1.16 bits per heavy atom. The summed E-state index contributed by atoms with van der Waals surface area (Å²) in [5.74, 6) is 0.0226. The van der Waals surface area contributed by atoms with Crippen molar-refractivity contribution in [3.05, 3.63) is 52.5 Å². The molecule has 0 saturated heterocycles. The van der Waals surface area contributed by atoms with Gasteiger partial charge >= 0.3 is 0 Å². The zero-order chi connectivity index (χ0) is 18.6. The van der Waals surface area contributed by atoms with Crippen LogP contribution in [0.25, 0.3) is 0 Å². The van der Waals surface area contributed by atoms with Gasteiger partial charge in [-0.15, -0.1) is 0 Å². The van der Waals surface area contributed by atoms with E-state index in [2.05, 4.69) is 5.32 Å². The molecule has 25 heavy (non-hydrogen) atoms. The van der Waals surface area contributed by atoms with Gasteiger partial charge in [-0.05, 0) is 49.2 Å². The molecule has 0 unspecified atom stereocenters. The molecular weight excluding hydrogens is 340 g/mol. The predicted molar refractivity (Wildman–Crippen MR) is 101 cm³/mol. The SMILES string of the molecule is COc1ccc(NC(=O)CN(C(C)=O)c2cc(C)ccc2C)cc1Cl. The van der Waals surface area contributed by atoms with Crippen molar-refractivity contribution in [3.8, 4) is 5.75 Å². The van der Waals surface area contributed by atoms with E-state index >= 15 is 0 Å². The molecule has 6 heteroatoms. The topological polar surface area (TPSA) is 58.6 Å². The van der Waals surface area contributed by atoms with Crippen LogP contribution in [0.5, 0.6) is 5.75 Å². The molecule has 0 aromatic heterocycles.